The third-order valence-electron chi connectivity index (χ3n) is 4.32. The Bertz CT molecular complexity index is 431. The maximum Gasteiger partial charge on any atom is 0.123 e. The van der Waals surface area contributed by atoms with Crippen molar-refractivity contribution in [1.82, 2.24) is 10.2 Å². The van der Waals surface area contributed by atoms with Crippen LogP contribution in [0.5, 0.6) is 0 Å². The second kappa shape index (κ2) is 7.19. The van der Waals surface area contributed by atoms with Crippen LogP contribution in [0.4, 0.5) is 4.39 Å². The molecule has 1 fully saturated rings. The lowest BCUT2D eigenvalue weighted by Gasteiger charge is -2.27. The molecule has 1 unspecified atom stereocenters. The molecule has 1 atom stereocenters. The highest BCUT2D eigenvalue weighted by Crippen LogP contribution is 2.13. The highest BCUT2D eigenvalue weighted by atomic mass is 19.1. The smallest absolute Gasteiger partial charge is 0.123 e. The average molecular weight is 278 g/mol. The van der Waals surface area contributed by atoms with Crippen LogP contribution in [0.15, 0.2) is 18.2 Å². The monoisotopic (exact) mass is 278 g/mol. The zero-order valence-electron chi connectivity index (χ0n) is 13.0. The van der Waals surface area contributed by atoms with Gasteiger partial charge >= 0.3 is 0 Å². The van der Waals surface area contributed by atoms with Crippen LogP contribution in [0.1, 0.15) is 31.4 Å². The van der Waals surface area contributed by atoms with Crippen molar-refractivity contribution < 1.29 is 4.39 Å². The van der Waals surface area contributed by atoms with Crippen LogP contribution in [0.25, 0.3) is 0 Å². The Hall–Kier alpha value is -0.930. The van der Waals surface area contributed by atoms with Crippen molar-refractivity contribution in [3.8, 4) is 0 Å². The molecule has 1 aromatic carbocycles. The molecular formula is C17H27FN2. The van der Waals surface area contributed by atoms with E-state index in [1.165, 1.54) is 12.0 Å². The molecule has 20 heavy (non-hydrogen) atoms. The Morgan fingerprint density at radius 2 is 2.20 bits per heavy atom. The quantitative estimate of drug-likeness (QED) is 0.911. The van der Waals surface area contributed by atoms with E-state index in [1.807, 2.05) is 13.0 Å². The minimum absolute atomic E-state index is 0.134. The van der Waals surface area contributed by atoms with Gasteiger partial charge in [-0.15, -0.1) is 0 Å². The standard InChI is InChI=1S/C17H27FN2/c1-13(2)17-12-20(9-4-8-19-17)10-7-15-5-6-16(18)11-14(15)3/h5-6,11,13,17,19H,4,7-10,12H2,1-3H3. The Morgan fingerprint density at radius 1 is 1.40 bits per heavy atom. The molecule has 2 rings (SSSR count). The van der Waals surface area contributed by atoms with Gasteiger partial charge in [-0.25, -0.2) is 4.39 Å². The summed E-state index contributed by atoms with van der Waals surface area (Å²) in [6.07, 6.45) is 2.22. The van der Waals surface area contributed by atoms with Crippen LogP contribution in [0.3, 0.4) is 0 Å². The Morgan fingerprint density at radius 3 is 2.90 bits per heavy atom. The first-order valence-corrected chi connectivity index (χ1v) is 7.77. The summed E-state index contributed by atoms with van der Waals surface area (Å²) in [5, 5.41) is 3.64. The van der Waals surface area contributed by atoms with E-state index in [4.69, 9.17) is 0 Å². The lowest BCUT2D eigenvalue weighted by molar-refractivity contribution is 0.248. The Kier molecular flexibility index (Phi) is 5.55. The predicted molar refractivity (Wildman–Crippen MR) is 82.5 cm³/mol. The molecule has 112 valence electrons. The molecular weight excluding hydrogens is 251 g/mol. The molecule has 1 saturated heterocycles. The van der Waals surface area contributed by atoms with Gasteiger partial charge in [0.05, 0.1) is 0 Å². The van der Waals surface area contributed by atoms with Crippen molar-refractivity contribution in [2.45, 2.75) is 39.7 Å². The third kappa shape index (κ3) is 4.29. The second-order valence-corrected chi connectivity index (χ2v) is 6.28. The first-order chi connectivity index (χ1) is 9.56. The molecule has 0 radical (unpaired) electrons. The molecule has 1 aliphatic heterocycles. The van der Waals surface area contributed by atoms with E-state index >= 15 is 0 Å². The van der Waals surface area contributed by atoms with E-state index in [-0.39, 0.29) is 5.82 Å². The highest BCUT2D eigenvalue weighted by Gasteiger charge is 2.19. The fraction of sp³-hybridized carbons (Fsp3) is 0.647. The van der Waals surface area contributed by atoms with Gasteiger partial charge < -0.3 is 10.2 Å². The van der Waals surface area contributed by atoms with Crippen LogP contribution in [-0.4, -0.2) is 37.1 Å². The van der Waals surface area contributed by atoms with Crippen molar-refractivity contribution in [1.29, 1.82) is 0 Å². The van der Waals surface area contributed by atoms with Gasteiger partial charge in [0.1, 0.15) is 5.82 Å². The highest BCUT2D eigenvalue weighted by molar-refractivity contribution is 5.26. The number of hydrogen-bond donors (Lipinski definition) is 1. The molecule has 1 N–H and O–H groups in total. The SMILES string of the molecule is Cc1cc(F)ccc1CCN1CCCNC(C(C)C)C1. The molecule has 0 aliphatic carbocycles. The lowest BCUT2D eigenvalue weighted by atomic mass is 10.0. The van der Waals surface area contributed by atoms with Crippen molar-refractivity contribution in [2.24, 2.45) is 5.92 Å². The largest absolute Gasteiger partial charge is 0.312 e. The normalized spacial score (nSPS) is 21.1. The van der Waals surface area contributed by atoms with Crippen molar-refractivity contribution >= 4 is 0 Å². The number of nitrogens with zero attached hydrogens (tertiary/aromatic N) is 1. The van der Waals surface area contributed by atoms with Crippen molar-refractivity contribution in [3.05, 3.63) is 35.1 Å². The second-order valence-electron chi connectivity index (χ2n) is 6.28. The zero-order chi connectivity index (χ0) is 14.5. The lowest BCUT2D eigenvalue weighted by Crippen LogP contribution is -2.41. The number of nitrogens with one attached hydrogen (secondary N) is 1. The molecule has 0 amide bonds. The Labute approximate surface area is 122 Å². The molecule has 0 saturated carbocycles. The van der Waals surface area contributed by atoms with E-state index in [0.29, 0.717) is 12.0 Å². The first-order valence-electron chi connectivity index (χ1n) is 7.77. The fourth-order valence-electron chi connectivity index (χ4n) is 2.89. The van der Waals surface area contributed by atoms with E-state index in [0.717, 1.165) is 38.2 Å². The van der Waals surface area contributed by atoms with Gasteiger partial charge in [0.2, 0.25) is 0 Å². The van der Waals surface area contributed by atoms with Gasteiger partial charge in [-0.05, 0) is 62.0 Å². The number of aryl methyl sites for hydroxylation is 1. The minimum atomic E-state index is -0.134. The molecule has 1 heterocycles. The average Bonchev–Trinajstić information content (AvgIpc) is 2.63. The van der Waals surface area contributed by atoms with Crippen LogP contribution in [0, 0.1) is 18.7 Å². The molecule has 0 bridgehead atoms. The summed E-state index contributed by atoms with van der Waals surface area (Å²) >= 11 is 0. The van der Waals surface area contributed by atoms with Crippen LogP contribution < -0.4 is 5.32 Å². The summed E-state index contributed by atoms with van der Waals surface area (Å²) in [5.41, 5.74) is 2.34. The van der Waals surface area contributed by atoms with Gasteiger partial charge in [-0.3, -0.25) is 0 Å². The first kappa shape index (κ1) is 15.5. The summed E-state index contributed by atoms with van der Waals surface area (Å²) in [5.74, 6) is 0.535. The molecule has 0 aromatic heterocycles. The predicted octanol–water partition coefficient (Wildman–Crippen LogP) is 3.00. The van der Waals surface area contributed by atoms with E-state index in [1.54, 1.807) is 12.1 Å². The fourth-order valence-corrected chi connectivity index (χ4v) is 2.89. The van der Waals surface area contributed by atoms with E-state index in [9.17, 15) is 4.39 Å². The molecule has 1 aromatic rings. The molecule has 1 aliphatic rings. The topological polar surface area (TPSA) is 15.3 Å². The summed E-state index contributed by atoms with van der Waals surface area (Å²) in [7, 11) is 0. The number of hydrogen-bond acceptors (Lipinski definition) is 2. The van der Waals surface area contributed by atoms with Crippen LogP contribution in [0.2, 0.25) is 0 Å². The maximum absolute atomic E-state index is 13.1. The summed E-state index contributed by atoms with van der Waals surface area (Å²) in [6, 6.07) is 5.73. The minimum Gasteiger partial charge on any atom is -0.312 e. The summed E-state index contributed by atoms with van der Waals surface area (Å²) in [4.78, 5) is 2.55. The zero-order valence-corrected chi connectivity index (χ0v) is 13.0. The third-order valence-corrected chi connectivity index (χ3v) is 4.32. The number of rotatable bonds is 4. The van der Waals surface area contributed by atoms with Crippen molar-refractivity contribution in [2.75, 3.05) is 26.2 Å². The Balaban J connectivity index is 1.91. The summed E-state index contributed by atoms with van der Waals surface area (Å²) in [6.45, 7) is 11.0. The van der Waals surface area contributed by atoms with Crippen LogP contribution >= 0.6 is 0 Å². The van der Waals surface area contributed by atoms with Gasteiger partial charge in [0.25, 0.3) is 0 Å². The molecule has 0 spiro atoms. The number of benzene rings is 1. The molecule has 2 nitrogen and oxygen atoms in total. The molecule has 3 heteroatoms. The number of halogens is 1. The van der Waals surface area contributed by atoms with Crippen molar-refractivity contribution in [3.63, 3.8) is 0 Å². The van der Waals surface area contributed by atoms with E-state index < -0.39 is 0 Å². The van der Waals surface area contributed by atoms with Gasteiger partial charge in [0.15, 0.2) is 0 Å². The van der Waals surface area contributed by atoms with Gasteiger partial charge in [-0.2, -0.15) is 0 Å². The van der Waals surface area contributed by atoms with Gasteiger partial charge in [0, 0.05) is 19.1 Å². The van der Waals surface area contributed by atoms with Gasteiger partial charge in [-0.1, -0.05) is 19.9 Å². The summed E-state index contributed by atoms with van der Waals surface area (Å²) < 4.78 is 13.1. The van der Waals surface area contributed by atoms with E-state index in [2.05, 4.69) is 24.1 Å². The maximum atomic E-state index is 13.1. The van der Waals surface area contributed by atoms with Crippen LogP contribution in [-0.2, 0) is 6.42 Å².